The van der Waals surface area contributed by atoms with E-state index >= 15 is 0 Å². The Hall–Kier alpha value is -3.09. The van der Waals surface area contributed by atoms with Crippen molar-refractivity contribution in [2.75, 3.05) is 6.54 Å². The highest BCUT2D eigenvalue weighted by atomic mass is 35.5. The molecule has 34 heavy (non-hydrogen) atoms. The Morgan fingerprint density at radius 3 is 2.24 bits per heavy atom. The zero-order valence-corrected chi connectivity index (χ0v) is 20.0. The molecule has 1 aliphatic heterocycles. The molecule has 2 aromatic carbocycles. The molecule has 1 unspecified atom stereocenters. The molecule has 4 N–H and O–H groups in total. The molecule has 2 heterocycles. The molecule has 0 aliphatic carbocycles. The first-order valence-electron chi connectivity index (χ1n) is 10.9. The molecule has 1 aromatic heterocycles. The van der Waals surface area contributed by atoms with Crippen LogP contribution in [-0.2, 0) is 9.59 Å². The number of nitriles is 1. The molecule has 0 bridgehead atoms. The van der Waals surface area contributed by atoms with Crippen molar-refractivity contribution in [2.45, 2.75) is 36.9 Å². The van der Waals surface area contributed by atoms with Crippen LogP contribution in [-0.4, -0.2) is 35.3 Å². The number of benzene rings is 2. The van der Waals surface area contributed by atoms with Gasteiger partial charge >= 0.3 is 0 Å². The Bertz CT molecular complexity index is 1100. The van der Waals surface area contributed by atoms with Gasteiger partial charge in [-0.2, -0.15) is 5.26 Å². The summed E-state index contributed by atoms with van der Waals surface area (Å²) in [5, 5.41) is 17.2. The second-order valence-electron chi connectivity index (χ2n) is 8.00. The van der Waals surface area contributed by atoms with Crippen molar-refractivity contribution in [3.63, 3.8) is 0 Å². The van der Waals surface area contributed by atoms with Gasteiger partial charge in [-0.1, -0.05) is 60.7 Å². The first kappa shape index (κ1) is 25.5. The average molecular weight is 496 g/mol. The predicted molar refractivity (Wildman–Crippen MR) is 134 cm³/mol. The lowest BCUT2D eigenvalue weighted by molar-refractivity contribution is -0.129. The highest BCUT2D eigenvalue weighted by molar-refractivity contribution is 7.10. The van der Waals surface area contributed by atoms with E-state index in [1.165, 1.54) is 11.3 Å². The van der Waals surface area contributed by atoms with Crippen molar-refractivity contribution in [2.24, 2.45) is 5.73 Å². The number of nitrogens with zero attached hydrogens (tertiary/aromatic N) is 2. The zero-order chi connectivity index (χ0) is 23.2. The van der Waals surface area contributed by atoms with Gasteiger partial charge in [-0.25, -0.2) is 4.98 Å². The van der Waals surface area contributed by atoms with E-state index in [4.69, 9.17) is 11.0 Å². The number of hydrogen-bond acceptors (Lipinski definition) is 7. The smallest absolute Gasteiger partial charge is 0.238 e. The topological polar surface area (TPSA) is 121 Å². The van der Waals surface area contributed by atoms with Crippen LogP contribution in [0.1, 0.15) is 46.6 Å². The van der Waals surface area contributed by atoms with Gasteiger partial charge in [0.25, 0.3) is 0 Å². The van der Waals surface area contributed by atoms with Crippen molar-refractivity contribution >= 4 is 35.4 Å². The molecule has 1 fully saturated rings. The van der Waals surface area contributed by atoms with Crippen LogP contribution in [0, 0.1) is 11.3 Å². The van der Waals surface area contributed by atoms with Crippen LogP contribution in [0.5, 0.6) is 0 Å². The molecule has 176 valence electrons. The molecule has 1 saturated heterocycles. The van der Waals surface area contributed by atoms with Crippen molar-refractivity contribution in [1.82, 2.24) is 15.6 Å². The maximum atomic E-state index is 13.4. The molecule has 0 saturated carbocycles. The number of ketones is 1. The second kappa shape index (κ2) is 11.9. The van der Waals surface area contributed by atoms with Gasteiger partial charge in [0.05, 0.1) is 12.1 Å². The van der Waals surface area contributed by atoms with Crippen LogP contribution in [0.25, 0.3) is 0 Å². The van der Waals surface area contributed by atoms with Gasteiger partial charge in [0, 0.05) is 11.3 Å². The van der Waals surface area contributed by atoms with E-state index in [1.54, 1.807) is 5.38 Å². The SMILES string of the molecule is Cl.N#Cc1csc(C(NC(=O)[C@H](N)C(c2ccccc2)c2ccccc2)C(=O)[C@@H]2CCCN2)n1. The van der Waals surface area contributed by atoms with Gasteiger partial charge in [-0.15, -0.1) is 23.7 Å². The summed E-state index contributed by atoms with van der Waals surface area (Å²) in [6.07, 6.45) is 1.59. The number of thiazole rings is 1. The quantitative estimate of drug-likeness (QED) is 0.441. The third kappa shape index (κ3) is 5.69. The van der Waals surface area contributed by atoms with Crippen LogP contribution in [0.3, 0.4) is 0 Å². The number of carbonyl (C=O) groups is 2. The molecule has 0 spiro atoms. The summed E-state index contributed by atoms with van der Waals surface area (Å²) in [7, 11) is 0. The fourth-order valence-corrected chi connectivity index (χ4v) is 4.97. The van der Waals surface area contributed by atoms with E-state index in [0.29, 0.717) is 11.4 Å². The van der Waals surface area contributed by atoms with Gasteiger partial charge < -0.3 is 16.4 Å². The first-order chi connectivity index (χ1) is 16.1. The summed E-state index contributed by atoms with van der Waals surface area (Å²) in [5.41, 5.74) is 8.57. The van der Waals surface area contributed by atoms with Crippen LogP contribution in [0.2, 0.25) is 0 Å². The van der Waals surface area contributed by atoms with Crippen molar-refractivity contribution in [3.05, 3.63) is 87.9 Å². The van der Waals surface area contributed by atoms with Crippen LogP contribution in [0.15, 0.2) is 66.0 Å². The number of nitrogens with one attached hydrogen (secondary N) is 2. The maximum absolute atomic E-state index is 13.4. The van der Waals surface area contributed by atoms with Gasteiger partial charge in [0.15, 0.2) is 11.5 Å². The van der Waals surface area contributed by atoms with Crippen LogP contribution in [0.4, 0.5) is 0 Å². The number of nitrogens with two attached hydrogens (primary N) is 1. The van der Waals surface area contributed by atoms with E-state index in [9.17, 15) is 9.59 Å². The molecule has 9 heteroatoms. The number of carbonyl (C=O) groups excluding carboxylic acids is 2. The maximum Gasteiger partial charge on any atom is 0.238 e. The standard InChI is InChI=1S/C25H25N5O2S.ClH/c26-14-18-15-33-25(29-18)22(23(31)19-12-7-13-28-19)30-24(32)21(27)20(16-8-3-1-4-9-16)17-10-5-2-6-11-17;/h1-6,8-11,15,19-22,28H,7,12-13,27H2,(H,30,32);1H/t19-,21+,22?;/m0./s1. The minimum atomic E-state index is -0.960. The molecule has 1 aliphatic rings. The summed E-state index contributed by atoms with van der Waals surface area (Å²) in [6, 6.07) is 19.0. The number of Topliss-reactive ketones (excluding diaryl/α,β-unsaturated/α-hetero) is 1. The third-order valence-corrected chi connectivity index (χ3v) is 6.75. The lowest BCUT2D eigenvalue weighted by Crippen LogP contribution is -2.49. The summed E-state index contributed by atoms with van der Waals surface area (Å²) in [4.78, 5) is 30.9. The van der Waals surface area contributed by atoms with E-state index in [2.05, 4.69) is 15.6 Å². The third-order valence-electron chi connectivity index (χ3n) is 5.84. The molecule has 1 amide bonds. The summed E-state index contributed by atoms with van der Waals surface area (Å²) < 4.78 is 0. The average Bonchev–Trinajstić information content (AvgIpc) is 3.56. The Morgan fingerprint density at radius 2 is 1.74 bits per heavy atom. The van der Waals surface area contributed by atoms with Gasteiger partial charge in [-0.3, -0.25) is 9.59 Å². The summed E-state index contributed by atoms with van der Waals surface area (Å²) in [5.74, 6) is -1.00. The number of rotatable bonds is 8. The normalized spacial score (nSPS) is 16.8. The van der Waals surface area contributed by atoms with Crippen LogP contribution < -0.4 is 16.4 Å². The number of halogens is 1. The fourth-order valence-electron chi connectivity index (χ4n) is 4.17. The number of hydrogen-bond donors (Lipinski definition) is 3. The van der Waals surface area contributed by atoms with E-state index < -0.39 is 23.9 Å². The number of amides is 1. The summed E-state index contributed by atoms with van der Waals surface area (Å²) >= 11 is 1.19. The van der Waals surface area contributed by atoms with Gasteiger partial charge in [0.2, 0.25) is 5.91 Å². The Morgan fingerprint density at radius 1 is 1.12 bits per heavy atom. The monoisotopic (exact) mass is 495 g/mol. The number of aromatic nitrogens is 1. The van der Waals surface area contributed by atoms with Crippen molar-refractivity contribution < 1.29 is 9.59 Å². The molecular weight excluding hydrogens is 470 g/mol. The lowest BCUT2D eigenvalue weighted by atomic mass is 9.85. The Labute approximate surface area is 208 Å². The zero-order valence-electron chi connectivity index (χ0n) is 18.4. The molecule has 3 atom stereocenters. The molecular formula is C25H26ClN5O2S. The van der Waals surface area contributed by atoms with Gasteiger partial charge in [0.1, 0.15) is 17.1 Å². The fraction of sp³-hybridized carbons (Fsp3) is 0.280. The second-order valence-corrected chi connectivity index (χ2v) is 8.89. The molecule has 7 nitrogen and oxygen atoms in total. The molecule has 3 aromatic rings. The van der Waals surface area contributed by atoms with E-state index in [1.807, 2.05) is 66.7 Å². The van der Waals surface area contributed by atoms with E-state index in [-0.39, 0.29) is 29.9 Å². The minimum absolute atomic E-state index is 0. The van der Waals surface area contributed by atoms with Crippen molar-refractivity contribution in [3.8, 4) is 6.07 Å². The Kier molecular flexibility index (Phi) is 8.91. The first-order valence-corrected chi connectivity index (χ1v) is 11.7. The van der Waals surface area contributed by atoms with Crippen LogP contribution >= 0.6 is 23.7 Å². The summed E-state index contributed by atoms with van der Waals surface area (Å²) in [6.45, 7) is 0.752. The predicted octanol–water partition coefficient (Wildman–Crippen LogP) is 3.07. The minimum Gasteiger partial charge on any atom is -0.339 e. The van der Waals surface area contributed by atoms with Gasteiger partial charge in [-0.05, 0) is 30.5 Å². The van der Waals surface area contributed by atoms with E-state index in [0.717, 1.165) is 24.1 Å². The highest BCUT2D eigenvalue weighted by Gasteiger charge is 2.36. The van der Waals surface area contributed by atoms with Crippen molar-refractivity contribution in [1.29, 1.82) is 5.26 Å². The largest absolute Gasteiger partial charge is 0.339 e. The molecule has 4 rings (SSSR count). The highest BCUT2D eigenvalue weighted by Crippen LogP contribution is 2.29. The molecule has 0 radical (unpaired) electrons. The Balaban J connectivity index is 0.00000324. The lowest BCUT2D eigenvalue weighted by Gasteiger charge is -2.27.